The molecule has 1 N–H and O–H groups in total. The number of nitrogens with zero attached hydrogens (tertiary/aromatic N) is 4. The first-order valence-electron chi connectivity index (χ1n) is 10.4. The quantitative estimate of drug-likeness (QED) is 0.441. The number of nitrogens with one attached hydrogen (secondary N) is 1. The molecule has 3 aromatic heterocycles. The Hall–Kier alpha value is -3.04. The zero-order chi connectivity index (χ0) is 22.1. The summed E-state index contributed by atoms with van der Waals surface area (Å²) in [6.07, 6.45) is 4.89. The summed E-state index contributed by atoms with van der Waals surface area (Å²) in [4.78, 5) is 26.5. The van der Waals surface area contributed by atoms with Crippen LogP contribution in [0.25, 0.3) is 22.3 Å². The minimum absolute atomic E-state index is 0.161. The average molecular weight is 428 g/mol. The summed E-state index contributed by atoms with van der Waals surface area (Å²) in [7, 11) is 3.23. The fourth-order valence-corrected chi connectivity index (χ4v) is 3.19. The summed E-state index contributed by atoms with van der Waals surface area (Å²) < 4.78 is 17.4. The van der Waals surface area contributed by atoms with E-state index < -0.39 is 0 Å². The molecule has 31 heavy (non-hydrogen) atoms. The third-order valence-corrected chi connectivity index (χ3v) is 4.77. The van der Waals surface area contributed by atoms with Crippen LogP contribution < -0.4 is 15.6 Å². The van der Waals surface area contributed by atoms with Gasteiger partial charge in [-0.15, -0.1) is 0 Å². The molecule has 0 aromatic carbocycles. The Morgan fingerprint density at radius 3 is 2.68 bits per heavy atom. The Labute approximate surface area is 181 Å². The van der Waals surface area contributed by atoms with Crippen LogP contribution in [-0.4, -0.2) is 60.1 Å². The van der Waals surface area contributed by atoms with Crippen molar-refractivity contribution in [2.45, 2.75) is 26.3 Å². The highest BCUT2D eigenvalue weighted by molar-refractivity contribution is 5.80. The average Bonchev–Trinajstić information content (AvgIpc) is 2.81. The second kappa shape index (κ2) is 11.4. The van der Waals surface area contributed by atoms with Crippen molar-refractivity contribution in [3.05, 3.63) is 40.9 Å². The Morgan fingerprint density at radius 2 is 1.97 bits per heavy atom. The fraction of sp³-hybridized carbons (Fsp3) is 0.455. The minimum Gasteiger partial charge on any atom is -0.481 e. The number of pyridine rings is 2. The molecule has 0 spiro atoms. The lowest BCUT2D eigenvalue weighted by Gasteiger charge is -2.14. The highest BCUT2D eigenvalue weighted by Gasteiger charge is 2.13. The zero-order valence-corrected chi connectivity index (χ0v) is 18.3. The predicted molar refractivity (Wildman–Crippen MR) is 120 cm³/mol. The molecule has 0 amide bonds. The normalized spacial score (nSPS) is 11.1. The maximum absolute atomic E-state index is 13.2. The van der Waals surface area contributed by atoms with Crippen molar-refractivity contribution in [1.29, 1.82) is 0 Å². The maximum Gasteiger partial charge on any atom is 0.293 e. The van der Waals surface area contributed by atoms with Crippen molar-refractivity contribution >= 4 is 16.9 Å². The third-order valence-electron chi connectivity index (χ3n) is 4.77. The van der Waals surface area contributed by atoms with Crippen LogP contribution in [0.15, 0.2) is 35.4 Å². The van der Waals surface area contributed by atoms with Crippen molar-refractivity contribution in [2.75, 3.05) is 45.9 Å². The summed E-state index contributed by atoms with van der Waals surface area (Å²) in [6.45, 7) is 4.93. The van der Waals surface area contributed by atoms with E-state index in [0.717, 1.165) is 23.9 Å². The van der Waals surface area contributed by atoms with E-state index in [4.69, 9.17) is 14.2 Å². The molecular formula is C22H29N5O4. The Bertz CT molecular complexity index is 1040. The van der Waals surface area contributed by atoms with Gasteiger partial charge in [0.2, 0.25) is 5.88 Å². The molecule has 9 nitrogen and oxygen atoms in total. The number of rotatable bonds is 12. The molecule has 3 heterocycles. The van der Waals surface area contributed by atoms with Crippen molar-refractivity contribution in [3.8, 4) is 17.1 Å². The molecule has 0 radical (unpaired) electrons. The number of ether oxygens (including phenoxy) is 3. The van der Waals surface area contributed by atoms with Gasteiger partial charge in [0, 0.05) is 57.8 Å². The predicted octanol–water partition coefficient (Wildman–Crippen LogP) is 2.74. The smallest absolute Gasteiger partial charge is 0.293 e. The second-order valence-electron chi connectivity index (χ2n) is 6.89. The minimum atomic E-state index is -0.161. The van der Waals surface area contributed by atoms with E-state index in [1.54, 1.807) is 37.2 Å². The Balaban J connectivity index is 1.97. The van der Waals surface area contributed by atoms with E-state index in [0.29, 0.717) is 55.8 Å². The number of fused-ring (bicyclic) bond motifs is 1. The first-order chi connectivity index (χ1) is 15.2. The van der Waals surface area contributed by atoms with Gasteiger partial charge in [-0.3, -0.25) is 9.78 Å². The van der Waals surface area contributed by atoms with Gasteiger partial charge in [-0.25, -0.2) is 9.97 Å². The van der Waals surface area contributed by atoms with Crippen molar-refractivity contribution in [2.24, 2.45) is 0 Å². The number of aromatic nitrogens is 4. The van der Waals surface area contributed by atoms with Crippen LogP contribution in [0.1, 0.15) is 19.8 Å². The van der Waals surface area contributed by atoms with Crippen LogP contribution in [0, 0.1) is 0 Å². The van der Waals surface area contributed by atoms with Gasteiger partial charge in [0.25, 0.3) is 5.56 Å². The summed E-state index contributed by atoms with van der Waals surface area (Å²) in [5.74, 6) is 0.851. The third kappa shape index (κ3) is 5.77. The molecule has 0 aliphatic heterocycles. The second-order valence-corrected chi connectivity index (χ2v) is 6.89. The lowest BCUT2D eigenvalue weighted by molar-refractivity contribution is 0.141. The molecule has 0 unspecified atom stereocenters. The molecule has 166 valence electrons. The lowest BCUT2D eigenvalue weighted by Crippen LogP contribution is -2.26. The van der Waals surface area contributed by atoms with E-state index >= 15 is 0 Å². The van der Waals surface area contributed by atoms with E-state index in [1.165, 1.54) is 0 Å². The van der Waals surface area contributed by atoms with Gasteiger partial charge < -0.3 is 24.1 Å². The number of hydrogen-bond acceptors (Lipinski definition) is 8. The SMILES string of the molecule is CCOCCCn1c(=O)c(NCCCOC)nc2cnc(-c3ccc(OC)nc3)cc21. The van der Waals surface area contributed by atoms with Crippen LogP contribution in [0.3, 0.4) is 0 Å². The van der Waals surface area contributed by atoms with Crippen molar-refractivity contribution < 1.29 is 14.2 Å². The molecule has 3 rings (SSSR count). The number of anilines is 1. The molecule has 0 saturated heterocycles. The van der Waals surface area contributed by atoms with E-state index in [2.05, 4.69) is 20.3 Å². The lowest BCUT2D eigenvalue weighted by atomic mass is 10.2. The van der Waals surface area contributed by atoms with Gasteiger partial charge in [-0.1, -0.05) is 0 Å². The summed E-state index contributed by atoms with van der Waals surface area (Å²) in [5, 5.41) is 3.13. The molecule has 0 aliphatic rings. The topological polar surface area (TPSA) is 100 Å². The van der Waals surface area contributed by atoms with Gasteiger partial charge >= 0.3 is 0 Å². The van der Waals surface area contributed by atoms with E-state index in [9.17, 15) is 4.79 Å². The summed E-state index contributed by atoms with van der Waals surface area (Å²) >= 11 is 0. The van der Waals surface area contributed by atoms with Crippen LogP contribution >= 0.6 is 0 Å². The van der Waals surface area contributed by atoms with Gasteiger partial charge in [0.15, 0.2) is 5.82 Å². The van der Waals surface area contributed by atoms with E-state index in [-0.39, 0.29) is 5.56 Å². The van der Waals surface area contributed by atoms with Crippen LogP contribution in [-0.2, 0) is 16.0 Å². The summed E-state index contributed by atoms with van der Waals surface area (Å²) in [6, 6.07) is 5.54. The molecular weight excluding hydrogens is 398 g/mol. The van der Waals surface area contributed by atoms with E-state index in [1.807, 2.05) is 19.1 Å². The van der Waals surface area contributed by atoms with Gasteiger partial charge in [-0.2, -0.15) is 0 Å². The molecule has 0 atom stereocenters. The monoisotopic (exact) mass is 427 g/mol. The van der Waals surface area contributed by atoms with Gasteiger partial charge in [-0.05, 0) is 31.9 Å². The Morgan fingerprint density at radius 1 is 1.10 bits per heavy atom. The number of aryl methyl sites for hydroxylation is 1. The standard InChI is InChI=1S/C22H29N5O4/c1-4-31-12-6-10-27-19-13-17(16-7-8-20(30-3)25-14-16)24-15-18(19)26-21(22(27)28)23-9-5-11-29-2/h7-8,13-15H,4-6,9-12H2,1-3H3,(H,23,26). The van der Waals surface area contributed by atoms with Crippen LogP contribution in [0.2, 0.25) is 0 Å². The van der Waals surface area contributed by atoms with Crippen molar-refractivity contribution in [3.63, 3.8) is 0 Å². The highest BCUT2D eigenvalue weighted by atomic mass is 16.5. The first-order valence-corrected chi connectivity index (χ1v) is 10.4. The summed E-state index contributed by atoms with van der Waals surface area (Å²) in [5.41, 5.74) is 2.76. The molecule has 0 saturated carbocycles. The molecule has 0 bridgehead atoms. The van der Waals surface area contributed by atoms with Crippen LogP contribution in [0.4, 0.5) is 5.82 Å². The largest absolute Gasteiger partial charge is 0.481 e. The van der Waals surface area contributed by atoms with Crippen molar-refractivity contribution in [1.82, 2.24) is 19.5 Å². The first kappa shape index (κ1) is 22.6. The highest BCUT2D eigenvalue weighted by Crippen LogP contribution is 2.22. The molecule has 0 aliphatic carbocycles. The maximum atomic E-state index is 13.2. The molecule has 3 aromatic rings. The fourth-order valence-electron chi connectivity index (χ4n) is 3.19. The molecule has 9 heteroatoms. The number of methoxy groups -OCH3 is 2. The number of hydrogen-bond donors (Lipinski definition) is 1. The van der Waals surface area contributed by atoms with Gasteiger partial charge in [0.1, 0.15) is 5.52 Å². The Kier molecular flexibility index (Phi) is 8.31. The zero-order valence-electron chi connectivity index (χ0n) is 18.3. The van der Waals surface area contributed by atoms with Gasteiger partial charge in [0.05, 0.1) is 24.5 Å². The van der Waals surface area contributed by atoms with Crippen LogP contribution in [0.5, 0.6) is 5.88 Å². The molecule has 0 fully saturated rings.